The number of amides is 2. The standard InChI is InChI=1S/C16H22N2O4/c1-2-6-13(16(21)22)18-14(19)9-10-17-15(20)11-12-7-4-3-5-8-12/h3-5,7-8,13H,2,6,9-11H2,1H3,(H,17,20)(H,18,19)(H,21,22). The van der Waals surface area contributed by atoms with E-state index in [1.54, 1.807) is 0 Å². The lowest BCUT2D eigenvalue weighted by atomic mass is 10.1. The lowest BCUT2D eigenvalue weighted by Gasteiger charge is -2.13. The number of hydrogen-bond acceptors (Lipinski definition) is 3. The predicted octanol–water partition coefficient (Wildman–Crippen LogP) is 1.10. The smallest absolute Gasteiger partial charge is 0.326 e. The maximum atomic E-state index is 11.7. The average Bonchev–Trinajstić information content (AvgIpc) is 2.47. The van der Waals surface area contributed by atoms with Gasteiger partial charge >= 0.3 is 5.97 Å². The molecule has 1 aromatic carbocycles. The van der Waals surface area contributed by atoms with Crippen LogP contribution in [0.25, 0.3) is 0 Å². The van der Waals surface area contributed by atoms with Crippen LogP contribution >= 0.6 is 0 Å². The summed E-state index contributed by atoms with van der Waals surface area (Å²) in [5.74, 6) is -1.58. The van der Waals surface area contributed by atoms with Crippen LogP contribution in [0.4, 0.5) is 0 Å². The van der Waals surface area contributed by atoms with Crippen LogP contribution < -0.4 is 10.6 Å². The van der Waals surface area contributed by atoms with Crippen LogP contribution in [0.15, 0.2) is 30.3 Å². The van der Waals surface area contributed by atoms with Gasteiger partial charge in [0.1, 0.15) is 6.04 Å². The summed E-state index contributed by atoms with van der Waals surface area (Å²) in [4.78, 5) is 34.3. The summed E-state index contributed by atoms with van der Waals surface area (Å²) in [5.41, 5.74) is 0.901. The second kappa shape index (κ2) is 9.55. The number of benzene rings is 1. The molecule has 0 aliphatic heterocycles. The van der Waals surface area contributed by atoms with Crippen LogP contribution in [0.1, 0.15) is 31.7 Å². The van der Waals surface area contributed by atoms with Crippen molar-refractivity contribution >= 4 is 17.8 Å². The molecular weight excluding hydrogens is 284 g/mol. The Morgan fingerprint density at radius 3 is 2.41 bits per heavy atom. The molecule has 1 aromatic rings. The Kier molecular flexibility index (Phi) is 7.67. The molecule has 0 spiro atoms. The molecule has 22 heavy (non-hydrogen) atoms. The molecule has 1 unspecified atom stereocenters. The number of rotatable bonds is 9. The van der Waals surface area contributed by atoms with Crippen molar-refractivity contribution in [3.8, 4) is 0 Å². The van der Waals surface area contributed by atoms with Crippen molar-refractivity contribution in [2.75, 3.05) is 6.54 Å². The van der Waals surface area contributed by atoms with Gasteiger partial charge in [0, 0.05) is 13.0 Å². The third-order valence-corrected chi connectivity index (χ3v) is 3.09. The Morgan fingerprint density at radius 2 is 1.82 bits per heavy atom. The summed E-state index contributed by atoms with van der Waals surface area (Å²) < 4.78 is 0. The summed E-state index contributed by atoms with van der Waals surface area (Å²) in [7, 11) is 0. The molecule has 0 aliphatic carbocycles. The van der Waals surface area contributed by atoms with E-state index in [0.29, 0.717) is 12.8 Å². The van der Waals surface area contributed by atoms with Crippen molar-refractivity contribution in [3.05, 3.63) is 35.9 Å². The molecule has 0 bridgehead atoms. The zero-order valence-electron chi connectivity index (χ0n) is 12.7. The van der Waals surface area contributed by atoms with Crippen molar-refractivity contribution in [2.24, 2.45) is 0 Å². The molecule has 0 heterocycles. The topological polar surface area (TPSA) is 95.5 Å². The Hall–Kier alpha value is -2.37. The van der Waals surface area contributed by atoms with Gasteiger partial charge in [-0.1, -0.05) is 43.7 Å². The van der Waals surface area contributed by atoms with Crippen molar-refractivity contribution in [2.45, 2.75) is 38.6 Å². The van der Waals surface area contributed by atoms with Crippen LogP contribution in [0.5, 0.6) is 0 Å². The summed E-state index contributed by atoms with van der Waals surface area (Å²) in [5, 5.41) is 14.0. The maximum Gasteiger partial charge on any atom is 0.326 e. The fourth-order valence-electron chi connectivity index (χ4n) is 1.97. The number of carbonyl (C=O) groups excluding carboxylic acids is 2. The third kappa shape index (κ3) is 6.88. The first kappa shape index (κ1) is 17.7. The van der Waals surface area contributed by atoms with Crippen LogP contribution in [0.2, 0.25) is 0 Å². The molecule has 1 atom stereocenters. The molecule has 0 radical (unpaired) electrons. The lowest BCUT2D eigenvalue weighted by Crippen LogP contribution is -2.42. The van der Waals surface area contributed by atoms with Crippen molar-refractivity contribution in [1.82, 2.24) is 10.6 Å². The van der Waals surface area contributed by atoms with Crippen LogP contribution in [-0.2, 0) is 20.8 Å². The minimum absolute atomic E-state index is 0.0635. The van der Waals surface area contributed by atoms with Gasteiger partial charge in [0.25, 0.3) is 0 Å². The highest BCUT2D eigenvalue weighted by Crippen LogP contribution is 1.99. The van der Waals surface area contributed by atoms with Crippen molar-refractivity contribution in [3.63, 3.8) is 0 Å². The number of carboxylic acid groups (broad SMARTS) is 1. The monoisotopic (exact) mass is 306 g/mol. The van der Waals surface area contributed by atoms with E-state index in [9.17, 15) is 14.4 Å². The van der Waals surface area contributed by atoms with E-state index in [-0.39, 0.29) is 31.2 Å². The van der Waals surface area contributed by atoms with Crippen LogP contribution in [0.3, 0.4) is 0 Å². The zero-order valence-corrected chi connectivity index (χ0v) is 12.7. The second-order valence-corrected chi connectivity index (χ2v) is 5.01. The molecule has 6 nitrogen and oxygen atoms in total. The Morgan fingerprint density at radius 1 is 1.14 bits per heavy atom. The molecule has 1 rings (SSSR count). The highest BCUT2D eigenvalue weighted by Gasteiger charge is 2.18. The van der Waals surface area contributed by atoms with Gasteiger partial charge in [0.05, 0.1) is 6.42 Å². The third-order valence-electron chi connectivity index (χ3n) is 3.09. The molecule has 2 amide bonds. The van der Waals surface area contributed by atoms with Gasteiger partial charge < -0.3 is 15.7 Å². The van der Waals surface area contributed by atoms with Crippen LogP contribution in [0, 0.1) is 0 Å². The van der Waals surface area contributed by atoms with Crippen molar-refractivity contribution < 1.29 is 19.5 Å². The van der Waals surface area contributed by atoms with Gasteiger partial charge in [-0.25, -0.2) is 4.79 Å². The average molecular weight is 306 g/mol. The molecule has 120 valence electrons. The molecular formula is C16H22N2O4. The Balaban J connectivity index is 2.26. The maximum absolute atomic E-state index is 11.7. The minimum atomic E-state index is -1.04. The summed E-state index contributed by atoms with van der Waals surface area (Å²) >= 11 is 0. The zero-order chi connectivity index (χ0) is 16.4. The highest BCUT2D eigenvalue weighted by atomic mass is 16.4. The summed E-state index contributed by atoms with van der Waals surface area (Å²) in [6.45, 7) is 2.04. The largest absolute Gasteiger partial charge is 0.480 e. The lowest BCUT2D eigenvalue weighted by molar-refractivity contribution is -0.142. The van der Waals surface area contributed by atoms with Crippen LogP contribution in [-0.4, -0.2) is 35.5 Å². The van der Waals surface area contributed by atoms with E-state index in [1.807, 2.05) is 37.3 Å². The van der Waals surface area contributed by atoms with Gasteiger partial charge in [0.2, 0.25) is 11.8 Å². The number of aliphatic carboxylic acids is 1. The quantitative estimate of drug-likeness (QED) is 0.637. The van der Waals surface area contributed by atoms with Gasteiger partial charge in [0.15, 0.2) is 0 Å². The molecule has 0 aromatic heterocycles. The van der Waals surface area contributed by atoms with Gasteiger partial charge in [-0.05, 0) is 12.0 Å². The predicted molar refractivity (Wildman–Crippen MR) is 82.2 cm³/mol. The van der Waals surface area contributed by atoms with Gasteiger partial charge in [-0.3, -0.25) is 9.59 Å². The van der Waals surface area contributed by atoms with Gasteiger partial charge in [-0.2, -0.15) is 0 Å². The summed E-state index contributed by atoms with van der Waals surface area (Å²) in [6, 6.07) is 8.44. The highest BCUT2D eigenvalue weighted by molar-refractivity contribution is 5.84. The minimum Gasteiger partial charge on any atom is -0.480 e. The first-order valence-electron chi connectivity index (χ1n) is 7.35. The molecule has 6 heteroatoms. The Bertz CT molecular complexity index is 502. The SMILES string of the molecule is CCCC(NC(=O)CCNC(=O)Cc1ccccc1)C(=O)O. The first-order valence-corrected chi connectivity index (χ1v) is 7.35. The first-order chi connectivity index (χ1) is 10.5. The van der Waals surface area contributed by atoms with E-state index in [0.717, 1.165) is 5.56 Å². The Labute approximate surface area is 129 Å². The molecule has 3 N–H and O–H groups in total. The van der Waals surface area contributed by atoms with Gasteiger partial charge in [-0.15, -0.1) is 0 Å². The second-order valence-electron chi connectivity index (χ2n) is 5.01. The number of carbonyl (C=O) groups is 3. The molecule has 0 saturated heterocycles. The summed E-state index contributed by atoms with van der Waals surface area (Å²) in [6.07, 6.45) is 1.39. The number of nitrogens with one attached hydrogen (secondary N) is 2. The normalized spacial score (nSPS) is 11.5. The van der Waals surface area contributed by atoms with E-state index < -0.39 is 12.0 Å². The number of carboxylic acids is 1. The van der Waals surface area contributed by atoms with E-state index in [4.69, 9.17) is 5.11 Å². The molecule has 0 fully saturated rings. The van der Waals surface area contributed by atoms with E-state index in [2.05, 4.69) is 10.6 Å². The molecule has 0 saturated carbocycles. The van der Waals surface area contributed by atoms with Crippen molar-refractivity contribution in [1.29, 1.82) is 0 Å². The number of hydrogen-bond donors (Lipinski definition) is 3. The fourth-order valence-corrected chi connectivity index (χ4v) is 1.97. The van der Waals surface area contributed by atoms with E-state index >= 15 is 0 Å². The fraction of sp³-hybridized carbons (Fsp3) is 0.438. The molecule has 0 aliphatic rings. The van der Waals surface area contributed by atoms with E-state index in [1.165, 1.54) is 0 Å².